The van der Waals surface area contributed by atoms with Crippen LogP contribution in [0.3, 0.4) is 0 Å². The van der Waals surface area contributed by atoms with Crippen LogP contribution >= 0.6 is 0 Å². The first-order chi connectivity index (χ1) is 11.3. The van der Waals surface area contributed by atoms with Crippen molar-refractivity contribution in [2.75, 3.05) is 18.6 Å². The molecule has 0 saturated carbocycles. The highest BCUT2D eigenvalue weighted by Crippen LogP contribution is 2.36. The molecule has 1 aliphatic heterocycles. The molecule has 2 unspecified atom stereocenters. The van der Waals surface area contributed by atoms with Gasteiger partial charge in [-0.05, 0) is 12.0 Å². The van der Waals surface area contributed by atoms with E-state index in [0.717, 1.165) is 5.56 Å². The average Bonchev–Trinajstić information content (AvgIpc) is 3.21. The maximum absolute atomic E-state index is 10.1. The van der Waals surface area contributed by atoms with Crippen molar-refractivity contribution >= 4 is 17.0 Å². The van der Waals surface area contributed by atoms with Crippen LogP contribution in [0, 0.1) is 0 Å². The van der Waals surface area contributed by atoms with Gasteiger partial charge in [0.15, 0.2) is 0 Å². The molecule has 1 saturated heterocycles. The van der Waals surface area contributed by atoms with E-state index in [1.54, 1.807) is 19.4 Å². The number of hydrogen-bond donors (Lipinski definition) is 1. The third-order valence-electron chi connectivity index (χ3n) is 4.17. The van der Waals surface area contributed by atoms with E-state index in [-0.39, 0.29) is 6.04 Å². The minimum atomic E-state index is -0.408. The Balaban J connectivity index is 1.78. The fourth-order valence-corrected chi connectivity index (χ4v) is 3.12. The summed E-state index contributed by atoms with van der Waals surface area (Å²) < 4.78 is 10.7. The number of aromatic nitrogens is 2. The third kappa shape index (κ3) is 2.41. The van der Waals surface area contributed by atoms with Gasteiger partial charge in [-0.15, -0.1) is 0 Å². The van der Waals surface area contributed by atoms with Crippen molar-refractivity contribution in [1.82, 2.24) is 9.97 Å². The van der Waals surface area contributed by atoms with Gasteiger partial charge in [0.2, 0.25) is 11.5 Å². The Bertz CT molecular complexity index is 818. The Hall–Kier alpha value is -2.60. The summed E-state index contributed by atoms with van der Waals surface area (Å²) in [6, 6.07) is 11.9. The summed E-state index contributed by atoms with van der Waals surface area (Å²) in [6.07, 6.45) is 1.81. The summed E-state index contributed by atoms with van der Waals surface area (Å²) >= 11 is 0. The highest BCUT2D eigenvalue weighted by molar-refractivity contribution is 5.78. The van der Waals surface area contributed by atoms with Gasteiger partial charge >= 0.3 is 0 Å². The summed E-state index contributed by atoms with van der Waals surface area (Å²) in [7, 11) is 1.56. The normalized spacial score (nSPS) is 21.0. The molecule has 6 nitrogen and oxygen atoms in total. The van der Waals surface area contributed by atoms with E-state index < -0.39 is 6.10 Å². The summed E-state index contributed by atoms with van der Waals surface area (Å²) in [6.45, 7) is 0.492. The third-order valence-corrected chi connectivity index (χ3v) is 4.17. The molecule has 1 fully saturated rings. The van der Waals surface area contributed by atoms with E-state index in [2.05, 4.69) is 22.1 Å². The molecule has 23 heavy (non-hydrogen) atoms. The number of nitrogens with zero attached hydrogens (tertiary/aromatic N) is 3. The van der Waals surface area contributed by atoms with Crippen LogP contribution in [0.4, 0.5) is 5.95 Å². The van der Waals surface area contributed by atoms with Crippen molar-refractivity contribution in [3.05, 3.63) is 48.2 Å². The van der Waals surface area contributed by atoms with Crippen LogP contribution < -0.4 is 9.64 Å². The molecule has 0 spiro atoms. The molecule has 0 radical (unpaired) electrons. The number of ether oxygens (including phenoxy) is 1. The van der Waals surface area contributed by atoms with E-state index in [1.807, 2.05) is 23.1 Å². The van der Waals surface area contributed by atoms with Gasteiger partial charge in [-0.2, -0.15) is 4.98 Å². The second-order valence-electron chi connectivity index (χ2n) is 5.64. The van der Waals surface area contributed by atoms with Gasteiger partial charge in [-0.1, -0.05) is 30.3 Å². The number of anilines is 1. The Labute approximate surface area is 133 Å². The van der Waals surface area contributed by atoms with Crippen molar-refractivity contribution in [1.29, 1.82) is 0 Å². The van der Waals surface area contributed by atoms with Gasteiger partial charge in [-0.25, -0.2) is 4.98 Å². The number of aliphatic hydroxyl groups is 1. The smallest absolute Gasteiger partial charge is 0.263 e. The van der Waals surface area contributed by atoms with Gasteiger partial charge in [-0.3, -0.25) is 0 Å². The molecule has 1 aromatic carbocycles. The quantitative estimate of drug-likeness (QED) is 0.801. The summed E-state index contributed by atoms with van der Waals surface area (Å²) in [5.41, 5.74) is 2.37. The van der Waals surface area contributed by atoms with E-state index in [4.69, 9.17) is 9.15 Å². The molecule has 2 atom stereocenters. The van der Waals surface area contributed by atoms with Gasteiger partial charge in [0, 0.05) is 12.6 Å². The second kappa shape index (κ2) is 5.55. The Morgan fingerprint density at radius 1 is 1.22 bits per heavy atom. The van der Waals surface area contributed by atoms with Gasteiger partial charge < -0.3 is 19.2 Å². The lowest BCUT2D eigenvalue weighted by atomic mass is 10.0. The van der Waals surface area contributed by atoms with Crippen LogP contribution in [-0.2, 0) is 0 Å². The van der Waals surface area contributed by atoms with Crippen molar-refractivity contribution in [3.8, 4) is 5.88 Å². The lowest BCUT2D eigenvalue weighted by Gasteiger charge is -2.24. The number of β-amino-alcohol motifs (C(OH)–C–C–N with tert-alkyl or cyclic N) is 1. The van der Waals surface area contributed by atoms with E-state index in [1.165, 1.54) is 0 Å². The lowest BCUT2D eigenvalue weighted by molar-refractivity contribution is 0.194. The van der Waals surface area contributed by atoms with Crippen molar-refractivity contribution < 1.29 is 14.3 Å². The largest absolute Gasteiger partial charge is 0.478 e. The number of rotatable bonds is 3. The van der Waals surface area contributed by atoms with Crippen molar-refractivity contribution in [3.63, 3.8) is 0 Å². The SMILES string of the molecule is COc1nc(N2CC(O)CC2c2ccccc2)nc2ccoc12. The Kier molecular flexibility index (Phi) is 3.38. The van der Waals surface area contributed by atoms with Crippen LogP contribution in [0.5, 0.6) is 5.88 Å². The first kappa shape index (κ1) is 14.0. The molecule has 2 aromatic heterocycles. The first-order valence-corrected chi connectivity index (χ1v) is 7.55. The van der Waals surface area contributed by atoms with Gasteiger partial charge in [0.05, 0.1) is 25.5 Å². The van der Waals surface area contributed by atoms with Gasteiger partial charge in [0.25, 0.3) is 5.88 Å². The van der Waals surface area contributed by atoms with Crippen LogP contribution in [0.1, 0.15) is 18.0 Å². The number of benzene rings is 1. The van der Waals surface area contributed by atoms with Crippen LogP contribution in [0.2, 0.25) is 0 Å². The Morgan fingerprint density at radius 2 is 2.04 bits per heavy atom. The molecule has 4 rings (SSSR count). The fraction of sp³-hybridized carbons (Fsp3) is 0.294. The minimum Gasteiger partial charge on any atom is -0.478 e. The van der Waals surface area contributed by atoms with Crippen LogP contribution in [0.25, 0.3) is 11.1 Å². The van der Waals surface area contributed by atoms with E-state index in [9.17, 15) is 5.11 Å². The molecule has 6 heteroatoms. The highest BCUT2D eigenvalue weighted by atomic mass is 16.5. The Morgan fingerprint density at radius 3 is 2.83 bits per heavy atom. The molecule has 3 heterocycles. The van der Waals surface area contributed by atoms with Crippen LogP contribution in [0.15, 0.2) is 47.1 Å². The molecular weight excluding hydrogens is 294 g/mol. The predicted octanol–water partition coefficient (Wildman–Crippen LogP) is 2.54. The molecule has 0 bridgehead atoms. The van der Waals surface area contributed by atoms with E-state index in [0.29, 0.717) is 35.9 Å². The summed E-state index contributed by atoms with van der Waals surface area (Å²) in [5, 5.41) is 10.1. The predicted molar refractivity (Wildman–Crippen MR) is 85.5 cm³/mol. The molecule has 118 valence electrons. The number of methoxy groups -OCH3 is 1. The maximum Gasteiger partial charge on any atom is 0.263 e. The summed E-state index contributed by atoms with van der Waals surface area (Å²) in [4.78, 5) is 11.1. The molecule has 0 amide bonds. The zero-order chi connectivity index (χ0) is 15.8. The lowest BCUT2D eigenvalue weighted by Crippen LogP contribution is -2.26. The molecule has 1 N–H and O–H groups in total. The van der Waals surface area contributed by atoms with E-state index >= 15 is 0 Å². The van der Waals surface area contributed by atoms with Crippen LogP contribution in [-0.4, -0.2) is 34.8 Å². The number of fused-ring (bicyclic) bond motifs is 1. The van der Waals surface area contributed by atoms with Crippen molar-refractivity contribution in [2.45, 2.75) is 18.6 Å². The fourth-order valence-electron chi connectivity index (χ4n) is 3.12. The molecule has 0 aliphatic carbocycles. The minimum absolute atomic E-state index is 0.0419. The number of hydrogen-bond acceptors (Lipinski definition) is 6. The second-order valence-corrected chi connectivity index (χ2v) is 5.64. The monoisotopic (exact) mass is 311 g/mol. The molecular formula is C17H17N3O3. The summed E-state index contributed by atoms with van der Waals surface area (Å²) in [5.74, 6) is 0.948. The zero-order valence-electron chi connectivity index (χ0n) is 12.7. The average molecular weight is 311 g/mol. The van der Waals surface area contributed by atoms with Gasteiger partial charge in [0.1, 0.15) is 5.52 Å². The highest BCUT2D eigenvalue weighted by Gasteiger charge is 2.34. The number of furan rings is 1. The zero-order valence-corrected chi connectivity index (χ0v) is 12.7. The molecule has 3 aromatic rings. The topological polar surface area (TPSA) is 71.6 Å². The molecule has 1 aliphatic rings. The maximum atomic E-state index is 10.1. The first-order valence-electron chi connectivity index (χ1n) is 7.55. The van der Waals surface area contributed by atoms with Crippen molar-refractivity contribution in [2.24, 2.45) is 0 Å². The standard InChI is InChI=1S/C17H17N3O3/c1-22-16-15-13(7-8-23-15)18-17(19-16)20-10-12(21)9-14(20)11-5-3-2-4-6-11/h2-8,12,14,21H,9-10H2,1H3. The number of aliphatic hydroxyl groups excluding tert-OH is 1.